The molecule has 0 saturated carbocycles. The number of aromatic nitrogens is 2. The van der Waals surface area contributed by atoms with Crippen LogP contribution in [0, 0.1) is 0 Å². The lowest BCUT2D eigenvalue weighted by Gasteiger charge is -2.19. The van der Waals surface area contributed by atoms with Gasteiger partial charge in [-0.3, -0.25) is 0 Å². The molecule has 0 saturated heterocycles. The fourth-order valence-corrected chi connectivity index (χ4v) is 1.27. The number of nitrogens with two attached hydrogens (primary N) is 1. The van der Waals surface area contributed by atoms with Gasteiger partial charge in [-0.2, -0.15) is 4.98 Å². The number of nitrogens with zero attached hydrogens (tertiary/aromatic N) is 3. The van der Waals surface area contributed by atoms with Crippen molar-refractivity contribution in [2.45, 2.75) is 13.8 Å². The molecule has 0 radical (unpaired) electrons. The van der Waals surface area contributed by atoms with Gasteiger partial charge in [0.25, 0.3) is 0 Å². The zero-order chi connectivity index (χ0) is 11.1. The Balaban J connectivity index is 2.77. The van der Waals surface area contributed by atoms with Gasteiger partial charge in [0.15, 0.2) is 0 Å². The van der Waals surface area contributed by atoms with E-state index in [4.69, 9.17) is 10.5 Å². The smallest absolute Gasteiger partial charge is 0.228 e. The van der Waals surface area contributed by atoms with Gasteiger partial charge in [0.05, 0.1) is 6.61 Å². The SMILES string of the molecule is CCOc1ccnc(N(CC)CCN)n1. The van der Waals surface area contributed by atoms with Crippen LogP contribution in [-0.2, 0) is 0 Å². The third-order valence-corrected chi connectivity index (χ3v) is 1.97. The highest BCUT2D eigenvalue weighted by atomic mass is 16.5. The predicted molar refractivity (Wildman–Crippen MR) is 60.1 cm³/mol. The summed E-state index contributed by atoms with van der Waals surface area (Å²) in [4.78, 5) is 10.5. The molecule has 0 atom stereocenters. The minimum atomic E-state index is 0.593. The fourth-order valence-electron chi connectivity index (χ4n) is 1.27. The molecular formula is C10H18N4O. The summed E-state index contributed by atoms with van der Waals surface area (Å²) in [6, 6.07) is 1.75. The second-order valence-electron chi connectivity index (χ2n) is 3.00. The molecule has 1 aromatic rings. The van der Waals surface area contributed by atoms with Gasteiger partial charge in [0.2, 0.25) is 11.8 Å². The quantitative estimate of drug-likeness (QED) is 0.747. The molecule has 0 spiro atoms. The predicted octanol–water partition coefficient (Wildman–Crippen LogP) is 0.660. The summed E-state index contributed by atoms with van der Waals surface area (Å²) < 4.78 is 5.31. The lowest BCUT2D eigenvalue weighted by Crippen LogP contribution is -2.30. The van der Waals surface area contributed by atoms with E-state index in [0.29, 0.717) is 25.0 Å². The van der Waals surface area contributed by atoms with E-state index in [2.05, 4.69) is 9.97 Å². The average Bonchev–Trinajstić information content (AvgIpc) is 2.27. The largest absolute Gasteiger partial charge is 0.478 e. The summed E-state index contributed by atoms with van der Waals surface area (Å²) in [6.07, 6.45) is 1.70. The average molecular weight is 210 g/mol. The van der Waals surface area contributed by atoms with E-state index in [1.54, 1.807) is 12.3 Å². The van der Waals surface area contributed by atoms with Crippen molar-refractivity contribution in [2.24, 2.45) is 5.73 Å². The van der Waals surface area contributed by atoms with Gasteiger partial charge in [-0.05, 0) is 13.8 Å². The molecule has 15 heavy (non-hydrogen) atoms. The summed E-state index contributed by atoms with van der Waals surface area (Å²) in [5.41, 5.74) is 5.51. The molecule has 84 valence electrons. The fraction of sp³-hybridized carbons (Fsp3) is 0.600. The lowest BCUT2D eigenvalue weighted by molar-refractivity contribution is 0.326. The maximum Gasteiger partial charge on any atom is 0.228 e. The number of likely N-dealkylation sites (N-methyl/N-ethyl adjacent to an activating group) is 1. The first kappa shape index (κ1) is 11.7. The van der Waals surface area contributed by atoms with Crippen molar-refractivity contribution in [1.82, 2.24) is 9.97 Å². The van der Waals surface area contributed by atoms with Crippen molar-refractivity contribution in [1.29, 1.82) is 0 Å². The van der Waals surface area contributed by atoms with Gasteiger partial charge in [0.1, 0.15) is 0 Å². The van der Waals surface area contributed by atoms with Crippen molar-refractivity contribution in [3.63, 3.8) is 0 Å². The molecule has 0 unspecified atom stereocenters. The van der Waals surface area contributed by atoms with Crippen LogP contribution in [0.3, 0.4) is 0 Å². The molecule has 1 heterocycles. The highest BCUT2D eigenvalue weighted by Crippen LogP contribution is 2.11. The number of hydrogen-bond donors (Lipinski definition) is 1. The molecule has 2 N–H and O–H groups in total. The van der Waals surface area contributed by atoms with Crippen LogP contribution in [0.5, 0.6) is 5.88 Å². The summed E-state index contributed by atoms with van der Waals surface area (Å²) in [6.45, 7) is 6.78. The van der Waals surface area contributed by atoms with Crippen molar-refractivity contribution in [3.05, 3.63) is 12.3 Å². The second-order valence-corrected chi connectivity index (χ2v) is 3.00. The number of anilines is 1. The van der Waals surface area contributed by atoms with E-state index in [9.17, 15) is 0 Å². The number of hydrogen-bond acceptors (Lipinski definition) is 5. The molecule has 0 aromatic carbocycles. The third-order valence-electron chi connectivity index (χ3n) is 1.97. The standard InChI is InChI=1S/C10H18N4O/c1-3-14(8-6-11)10-12-7-5-9(13-10)15-4-2/h5,7H,3-4,6,8,11H2,1-2H3. The summed E-state index contributed by atoms with van der Waals surface area (Å²) >= 11 is 0. The van der Waals surface area contributed by atoms with Gasteiger partial charge in [0, 0.05) is 31.9 Å². The van der Waals surface area contributed by atoms with Crippen molar-refractivity contribution < 1.29 is 4.74 Å². The minimum Gasteiger partial charge on any atom is -0.478 e. The Kier molecular flexibility index (Phi) is 4.83. The monoisotopic (exact) mass is 210 g/mol. The van der Waals surface area contributed by atoms with Gasteiger partial charge in [-0.1, -0.05) is 0 Å². The zero-order valence-electron chi connectivity index (χ0n) is 9.31. The molecule has 5 nitrogen and oxygen atoms in total. The van der Waals surface area contributed by atoms with Crippen LogP contribution < -0.4 is 15.4 Å². The van der Waals surface area contributed by atoms with Gasteiger partial charge >= 0.3 is 0 Å². The van der Waals surface area contributed by atoms with E-state index in [-0.39, 0.29) is 0 Å². The lowest BCUT2D eigenvalue weighted by atomic mass is 10.5. The number of rotatable bonds is 6. The first-order chi connectivity index (χ1) is 7.31. The molecule has 5 heteroatoms. The van der Waals surface area contributed by atoms with E-state index < -0.39 is 0 Å². The van der Waals surface area contributed by atoms with Crippen LogP contribution in [-0.4, -0.2) is 36.2 Å². The molecule has 0 aliphatic carbocycles. The molecule has 1 aromatic heterocycles. The molecule has 0 amide bonds. The molecule has 0 bridgehead atoms. The number of ether oxygens (including phenoxy) is 1. The zero-order valence-corrected chi connectivity index (χ0v) is 9.31. The van der Waals surface area contributed by atoms with E-state index in [1.807, 2.05) is 18.7 Å². The summed E-state index contributed by atoms with van der Waals surface area (Å²) in [5, 5.41) is 0. The van der Waals surface area contributed by atoms with Crippen LogP contribution in [0.1, 0.15) is 13.8 Å². The first-order valence-corrected chi connectivity index (χ1v) is 5.22. The summed E-state index contributed by atoms with van der Waals surface area (Å²) in [7, 11) is 0. The Bertz CT molecular complexity index is 293. The normalized spacial score (nSPS) is 10.1. The Morgan fingerprint density at radius 2 is 2.27 bits per heavy atom. The minimum absolute atomic E-state index is 0.593. The van der Waals surface area contributed by atoms with Crippen LogP contribution in [0.4, 0.5) is 5.95 Å². The Hall–Kier alpha value is -1.36. The first-order valence-electron chi connectivity index (χ1n) is 5.22. The van der Waals surface area contributed by atoms with Gasteiger partial charge < -0.3 is 15.4 Å². The molecule has 0 fully saturated rings. The maximum absolute atomic E-state index is 5.51. The Morgan fingerprint density at radius 3 is 2.87 bits per heavy atom. The van der Waals surface area contributed by atoms with Crippen LogP contribution in [0.2, 0.25) is 0 Å². The highest BCUT2D eigenvalue weighted by Gasteiger charge is 2.07. The van der Waals surface area contributed by atoms with Crippen LogP contribution in [0.25, 0.3) is 0 Å². The molecule has 0 aliphatic rings. The van der Waals surface area contributed by atoms with Gasteiger partial charge in [-0.25, -0.2) is 4.98 Å². The van der Waals surface area contributed by atoms with Crippen molar-refractivity contribution in [2.75, 3.05) is 31.1 Å². The third kappa shape index (κ3) is 3.36. The molecule has 1 rings (SSSR count). The van der Waals surface area contributed by atoms with Crippen molar-refractivity contribution >= 4 is 5.95 Å². The van der Waals surface area contributed by atoms with Crippen LogP contribution in [0.15, 0.2) is 12.3 Å². The second kappa shape index (κ2) is 6.19. The van der Waals surface area contributed by atoms with Crippen LogP contribution >= 0.6 is 0 Å². The summed E-state index contributed by atoms with van der Waals surface area (Å²) in [5.74, 6) is 1.28. The van der Waals surface area contributed by atoms with E-state index >= 15 is 0 Å². The van der Waals surface area contributed by atoms with E-state index in [1.165, 1.54) is 0 Å². The topological polar surface area (TPSA) is 64.3 Å². The Labute approximate surface area is 90.3 Å². The molecule has 0 aliphatic heterocycles. The molecular weight excluding hydrogens is 192 g/mol. The Morgan fingerprint density at radius 1 is 1.47 bits per heavy atom. The highest BCUT2D eigenvalue weighted by molar-refractivity contribution is 5.31. The van der Waals surface area contributed by atoms with E-state index in [0.717, 1.165) is 13.1 Å². The maximum atomic E-state index is 5.51. The van der Waals surface area contributed by atoms with Crippen molar-refractivity contribution in [3.8, 4) is 5.88 Å². The van der Waals surface area contributed by atoms with Gasteiger partial charge in [-0.15, -0.1) is 0 Å².